The first-order valence-electron chi connectivity index (χ1n) is 2.59. The van der Waals surface area contributed by atoms with E-state index in [1.165, 1.54) is 0 Å². The highest BCUT2D eigenvalue weighted by Crippen LogP contribution is 2.43. The molecule has 9 heavy (non-hydrogen) atoms. The fraction of sp³-hybridized carbons (Fsp3) is 0.750. The molecule has 0 spiro atoms. The molecule has 0 aromatic rings. The van der Waals surface area contributed by atoms with E-state index in [1.54, 1.807) is 0 Å². The molecule has 0 aromatic carbocycles. The van der Waals surface area contributed by atoms with Crippen molar-refractivity contribution in [1.29, 1.82) is 0 Å². The normalized spacial score (nSPS) is 28.2. The molecule has 0 aromatic heterocycles. The Kier molecular flexibility index (Phi) is 1.91. The van der Waals surface area contributed by atoms with Crippen molar-refractivity contribution >= 4 is 7.75 Å². The summed E-state index contributed by atoms with van der Waals surface area (Å²) in [6.07, 6.45) is 0. The van der Waals surface area contributed by atoms with Gasteiger partial charge in [0.2, 0.25) is 0 Å². The highest BCUT2D eigenvalue weighted by atomic mass is 31.2. The average molecular weight is 150 g/mol. The fourth-order valence-electron chi connectivity index (χ4n) is 0.479. The van der Waals surface area contributed by atoms with Gasteiger partial charge in [-0.1, -0.05) is 6.92 Å². The monoisotopic (exact) mass is 150 g/mol. The van der Waals surface area contributed by atoms with Crippen LogP contribution in [0.2, 0.25) is 0 Å². The van der Waals surface area contributed by atoms with Crippen LogP contribution in [0, 0.1) is 5.92 Å². The Balaban J connectivity index is 2.44. The van der Waals surface area contributed by atoms with Crippen molar-refractivity contribution in [2.75, 3.05) is 13.2 Å². The Bertz CT molecular complexity index is 137. The topological polar surface area (TPSA) is 61.5 Å². The van der Waals surface area contributed by atoms with Crippen molar-refractivity contribution in [3.05, 3.63) is 5.92 Å². The van der Waals surface area contributed by atoms with Crippen molar-refractivity contribution in [1.82, 2.24) is 0 Å². The summed E-state index contributed by atoms with van der Waals surface area (Å²) >= 11 is 0. The minimum atomic E-state index is -3.14. The lowest BCUT2D eigenvalue weighted by Gasteiger charge is -2.22. The van der Waals surface area contributed by atoms with Crippen LogP contribution in [-0.2, 0) is 13.6 Å². The van der Waals surface area contributed by atoms with Crippen molar-refractivity contribution in [3.8, 4) is 0 Å². The van der Waals surface area contributed by atoms with E-state index in [4.69, 9.17) is 5.50 Å². The van der Waals surface area contributed by atoms with Crippen molar-refractivity contribution in [3.63, 3.8) is 0 Å². The molecule has 1 aliphatic heterocycles. The van der Waals surface area contributed by atoms with Crippen molar-refractivity contribution < 1.29 is 13.6 Å². The van der Waals surface area contributed by atoms with Crippen LogP contribution in [-0.4, -0.2) is 13.2 Å². The molecule has 1 heterocycles. The van der Waals surface area contributed by atoms with Gasteiger partial charge < -0.3 is 0 Å². The molecule has 0 aliphatic carbocycles. The van der Waals surface area contributed by atoms with Gasteiger partial charge in [-0.2, -0.15) is 0 Å². The van der Waals surface area contributed by atoms with E-state index in [9.17, 15) is 4.57 Å². The summed E-state index contributed by atoms with van der Waals surface area (Å²) in [7, 11) is -3.14. The molecule has 5 heteroatoms. The Morgan fingerprint density at radius 2 is 2.00 bits per heavy atom. The van der Waals surface area contributed by atoms with E-state index in [2.05, 4.69) is 9.05 Å². The lowest BCUT2D eigenvalue weighted by molar-refractivity contribution is 0.165. The van der Waals surface area contributed by atoms with Crippen molar-refractivity contribution in [2.45, 2.75) is 6.92 Å². The quantitative estimate of drug-likeness (QED) is 0.516. The van der Waals surface area contributed by atoms with Gasteiger partial charge >= 0.3 is 7.75 Å². The molecule has 1 radical (unpaired) electrons. The summed E-state index contributed by atoms with van der Waals surface area (Å²) in [6, 6.07) is 0. The molecule has 0 saturated carbocycles. The van der Waals surface area contributed by atoms with E-state index < -0.39 is 7.75 Å². The predicted octanol–water partition coefficient (Wildman–Crippen LogP) is 0.694. The zero-order valence-electron chi connectivity index (χ0n) is 5.16. The molecule has 4 nitrogen and oxygen atoms in total. The van der Waals surface area contributed by atoms with Crippen LogP contribution < -0.4 is 5.50 Å². The summed E-state index contributed by atoms with van der Waals surface area (Å²) in [4.78, 5) is 0. The predicted molar refractivity (Wildman–Crippen MR) is 32.6 cm³/mol. The summed E-state index contributed by atoms with van der Waals surface area (Å²) in [5, 5.41) is 0. The second kappa shape index (κ2) is 2.39. The van der Waals surface area contributed by atoms with Crippen LogP contribution in [0.3, 0.4) is 0 Å². The molecular weight excluding hydrogens is 141 g/mol. The zero-order chi connectivity index (χ0) is 6.91. The Morgan fingerprint density at radius 3 is 2.33 bits per heavy atom. The highest BCUT2D eigenvalue weighted by molar-refractivity contribution is 7.51. The molecule has 1 saturated heterocycles. The van der Waals surface area contributed by atoms with E-state index in [0.717, 1.165) is 5.92 Å². The van der Waals surface area contributed by atoms with Crippen LogP contribution in [0.5, 0.6) is 0 Å². The third kappa shape index (κ3) is 2.06. The molecular formula is C4H9NO3P. The van der Waals surface area contributed by atoms with E-state index >= 15 is 0 Å². The number of hydrogen-bond donors (Lipinski definition) is 1. The molecule has 0 amide bonds. The number of hydrogen-bond acceptors (Lipinski definition) is 3. The molecule has 53 valence electrons. The van der Waals surface area contributed by atoms with Gasteiger partial charge in [-0.05, 0) is 0 Å². The van der Waals surface area contributed by atoms with E-state index in [0.29, 0.717) is 13.2 Å². The third-order valence-electron chi connectivity index (χ3n) is 0.982. The summed E-state index contributed by atoms with van der Waals surface area (Å²) < 4.78 is 20.0. The zero-order valence-corrected chi connectivity index (χ0v) is 6.06. The van der Waals surface area contributed by atoms with Gasteiger partial charge in [0.15, 0.2) is 0 Å². The van der Waals surface area contributed by atoms with E-state index in [1.807, 2.05) is 6.92 Å². The molecule has 0 unspecified atom stereocenters. The molecule has 1 rings (SSSR count). The Hall–Kier alpha value is 0.110. The summed E-state index contributed by atoms with van der Waals surface area (Å²) in [5.74, 6) is 1.01. The molecule has 0 bridgehead atoms. The fourth-order valence-corrected chi connectivity index (χ4v) is 1.35. The highest BCUT2D eigenvalue weighted by Gasteiger charge is 2.25. The van der Waals surface area contributed by atoms with Crippen LogP contribution in [0.4, 0.5) is 0 Å². The third-order valence-corrected chi connectivity index (χ3v) is 1.96. The van der Waals surface area contributed by atoms with Gasteiger partial charge in [-0.3, -0.25) is 9.05 Å². The first kappa shape index (κ1) is 7.22. The second-order valence-electron chi connectivity index (χ2n) is 2.04. The first-order chi connectivity index (χ1) is 4.10. The average Bonchev–Trinajstić information content (AvgIpc) is 1.78. The van der Waals surface area contributed by atoms with Gasteiger partial charge in [0, 0.05) is 5.92 Å². The number of rotatable bonds is 0. The van der Waals surface area contributed by atoms with E-state index in [-0.39, 0.29) is 0 Å². The number of nitrogens with two attached hydrogens (primary N) is 1. The van der Waals surface area contributed by atoms with Gasteiger partial charge in [-0.25, -0.2) is 10.1 Å². The van der Waals surface area contributed by atoms with Gasteiger partial charge in [0.25, 0.3) is 0 Å². The van der Waals surface area contributed by atoms with Gasteiger partial charge in [0.1, 0.15) is 0 Å². The maximum Gasteiger partial charge on any atom is 0.402 e. The lowest BCUT2D eigenvalue weighted by atomic mass is 10.2. The van der Waals surface area contributed by atoms with Crippen LogP contribution >= 0.6 is 7.75 Å². The summed E-state index contributed by atoms with van der Waals surface area (Å²) in [5.41, 5.74) is 5.04. The van der Waals surface area contributed by atoms with Gasteiger partial charge in [0.05, 0.1) is 13.2 Å². The Morgan fingerprint density at radius 1 is 1.56 bits per heavy atom. The smallest absolute Gasteiger partial charge is 0.296 e. The Labute approximate surface area is 53.9 Å². The molecule has 1 fully saturated rings. The minimum absolute atomic E-state index is 0.355. The van der Waals surface area contributed by atoms with Crippen molar-refractivity contribution in [2.24, 2.45) is 5.50 Å². The summed E-state index contributed by atoms with van der Waals surface area (Å²) in [6.45, 7) is 2.57. The maximum absolute atomic E-state index is 10.7. The lowest BCUT2D eigenvalue weighted by Crippen LogP contribution is -2.19. The maximum atomic E-state index is 10.7. The second-order valence-corrected chi connectivity index (χ2v) is 3.64. The standard InChI is InChI=1S/C4H9NO3P/c1-4-2-7-9(5,6)8-3-4/h2-3H2,1H3,(H2,5,6). The van der Waals surface area contributed by atoms with Gasteiger partial charge in [-0.15, -0.1) is 0 Å². The largest absolute Gasteiger partial charge is 0.402 e. The first-order valence-corrected chi connectivity index (χ1v) is 4.20. The van der Waals surface area contributed by atoms with Crippen LogP contribution in [0.25, 0.3) is 0 Å². The molecule has 0 atom stereocenters. The molecule has 1 aliphatic rings. The SMILES string of the molecule is C[C]1COP(N)(=O)OC1. The molecule has 2 N–H and O–H groups in total. The minimum Gasteiger partial charge on any atom is -0.296 e. The van der Waals surface area contributed by atoms with Crippen LogP contribution in [0.1, 0.15) is 6.92 Å². The van der Waals surface area contributed by atoms with Crippen LogP contribution in [0.15, 0.2) is 0 Å².